The van der Waals surface area contributed by atoms with Crippen LogP contribution in [0.1, 0.15) is 40.2 Å². The number of carbonyl (C=O) groups excluding carboxylic acids is 2. The molecule has 2 rings (SSSR count). The third-order valence-corrected chi connectivity index (χ3v) is 4.25. The van der Waals surface area contributed by atoms with Crippen LogP contribution in [0.4, 0.5) is 0 Å². The molecule has 0 radical (unpaired) electrons. The topological polar surface area (TPSA) is 87.9 Å². The van der Waals surface area contributed by atoms with Gasteiger partial charge in [-0.25, -0.2) is 0 Å². The Morgan fingerprint density at radius 3 is 2.28 bits per heavy atom. The number of nitrogens with zero attached hydrogens (tertiary/aromatic N) is 1. The van der Waals surface area contributed by atoms with Crippen LogP contribution >= 0.6 is 11.6 Å². The Labute approximate surface area is 149 Å². The van der Waals surface area contributed by atoms with Gasteiger partial charge in [0.15, 0.2) is 23.0 Å². The number of hydrogen-bond acceptors (Lipinski definition) is 7. The zero-order valence-corrected chi connectivity index (χ0v) is 15.3. The molecule has 1 unspecified atom stereocenters. The molecule has 0 aliphatic rings. The van der Waals surface area contributed by atoms with E-state index in [-0.39, 0.29) is 39.2 Å². The fourth-order valence-electron chi connectivity index (χ4n) is 2.61. The van der Waals surface area contributed by atoms with E-state index in [1.165, 1.54) is 34.3 Å². The van der Waals surface area contributed by atoms with Gasteiger partial charge in [0.1, 0.15) is 17.2 Å². The zero-order chi connectivity index (χ0) is 18.7. The van der Waals surface area contributed by atoms with Crippen molar-refractivity contribution in [2.45, 2.75) is 19.8 Å². The van der Waals surface area contributed by atoms with Crippen molar-refractivity contribution in [2.24, 2.45) is 0 Å². The summed E-state index contributed by atoms with van der Waals surface area (Å²) in [6, 6.07) is 1.49. The molecule has 1 aromatic heterocycles. The first kappa shape index (κ1) is 18.8. The van der Waals surface area contributed by atoms with Gasteiger partial charge < -0.3 is 23.5 Å². The maximum atomic E-state index is 12.2. The number of aldehydes is 1. The Morgan fingerprint density at radius 2 is 1.88 bits per heavy atom. The molecule has 7 nitrogen and oxygen atoms in total. The van der Waals surface area contributed by atoms with Crippen LogP contribution in [-0.2, 0) is 4.79 Å². The summed E-state index contributed by atoms with van der Waals surface area (Å²) in [5.74, 6) is -0.408. The van der Waals surface area contributed by atoms with Gasteiger partial charge in [0.25, 0.3) is 0 Å². The van der Waals surface area contributed by atoms with Crippen LogP contribution in [0.3, 0.4) is 0 Å². The number of methoxy groups -OCH3 is 3. The lowest BCUT2D eigenvalue weighted by molar-refractivity contribution is -0.108. The zero-order valence-electron chi connectivity index (χ0n) is 14.5. The van der Waals surface area contributed by atoms with E-state index in [2.05, 4.69) is 5.16 Å². The van der Waals surface area contributed by atoms with E-state index in [9.17, 15) is 9.59 Å². The second-order valence-corrected chi connectivity index (χ2v) is 5.60. The second-order valence-electron chi connectivity index (χ2n) is 5.22. The third-order valence-electron chi connectivity index (χ3n) is 3.79. The molecule has 2 aromatic rings. The standard InChI is InChI=1S/C17H18ClNO6/c1-8-14(18)15(25-19-8)11(7-20)13-10(9(2)21)6-12(22-3)16(23-4)17(13)24-5/h6-7,11H,1-5H3. The molecule has 0 aliphatic heterocycles. The van der Waals surface area contributed by atoms with Gasteiger partial charge in [0, 0.05) is 11.1 Å². The monoisotopic (exact) mass is 367 g/mol. The van der Waals surface area contributed by atoms with E-state index < -0.39 is 5.92 Å². The van der Waals surface area contributed by atoms with E-state index in [1.807, 2.05) is 0 Å². The summed E-state index contributed by atoms with van der Waals surface area (Å²) in [5.41, 5.74) is 0.949. The largest absolute Gasteiger partial charge is 0.493 e. The Morgan fingerprint density at radius 1 is 1.24 bits per heavy atom. The first-order valence-corrected chi connectivity index (χ1v) is 7.69. The van der Waals surface area contributed by atoms with Crippen molar-refractivity contribution in [1.82, 2.24) is 5.16 Å². The highest BCUT2D eigenvalue weighted by molar-refractivity contribution is 6.32. The molecule has 0 N–H and O–H groups in total. The van der Waals surface area contributed by atoms with Gasteiger partial charge in [0.05, 0.1) is 27.0 Å². The maximum Gasteiger partial charge on any atom is 0.203 e. The summed E-state index contributed by atoms with van der Waals surface area (Å²) in [6.07, 6.45) is 0.613. The molecule has 1 atom stereocenters. The molecule has 1 heterocycles. The van der Waals surface area contributed by atoms with Crippen molar-refractivity contribution in [2.75, 3.05) is 21.3 Å². The summed E-state index contributed by atoms with van der Waals surface area (Å²) in [5, 5.41) is 3.98. The van der Waals surface area contributed by atoms with E-state index >= 15 is 0 Å². The SMILES string of the molecule is COc1cc(C(C)=O)c(C(C=O)c2onc(C)c2Cl)c(OC)c1OC. The Balaban J connectivity index is 2.87. The van der Waals surface area contributed by atoms with Gasteiger partial charge in [-0.3, -0.25) is 4.79 Å². The molecule has 0 saturated carbocycles. The fourth-order valence-corrected chi connectivity index (χ4v) is 2.80. The first-order chi connectivity index (χ1) is 11.9. The van der Waals surface area contributed by atoms with Gasteiger partial charge >= 0.3 is 0 Å². The maximum absolute atomic E-state index is 12.2. The minimum atomic E-state index is -0.998. The second kappa shape index (κ2) is 7.57. The molecular formula is C17H18ClNO6. The van der Waals surface area contributed by atoms with Gasteiger partial charge in [-0.1, -0.05) is 16.8 Å². The van der Waals surface area contributed by atoms with Crippen LogP contribution in [0.15, 0.2) is 10.6 Å². The van der Waals surface area contributed by atoms with E-state index in [4.69, 9.17) is 30.3 Å². The Bertz CT molecular complexity index is 814. The number of ketones is 1. The molecule has 0 bridgehead atoms. The van der Waals surface area contributed by atoms with Crippen molar-refractivity contribution in [3.63, 3.8) is 0 Å². The smallest absolute Gasteiger partial charge is 0.203 e. The summed E-state index contributed by atoms with van der Waals surface area (Å²) in [6.45, 7) is 3.02. The van der Waals surface area contributed by atoms with Crippen LogP contribution in [0.2, 0.25) is 5.02 Å². The van der Waals surface area contributed by atoms with Gasteiger partial charge in [-0.05, 0) is 19.9 Å². The molecule has 0 fully saturated rings. The number of aromatic nitrogens is 1. The minimum Gasteiger partial charge on any atom is -0.493 e. The van der Waals surface area contributed by atoms with Crippen LogP contribution < -0.4 is 14.2 Å². The number of carbonyl (C=O) groups is 2. The highest BCUT2D eigenvalue weighted by Crippen LogP contribution is 2.47. The predicted molar refractivity (Wildman–Crippen MR) is 90.3 cm³/mol. The summed E-state index contributed by atoms with van der Waals surface area (Å²) in [4.78, 5) is 24.1. The molecule has 0 amide bonds. The number of Topliss-reactive ketones (excluding diaryl/α,β-unsaturated/α-hetero) is 1. The van der Waals surface area contributed by atoms with Crippen LogP contribution in [0, 0.1) is 6.92 Å². The van der Waals surface area contributed by atoms with Crippen LogP contribution in [-0.4, -0.2) is 38.6 Å². The van der Waals surface area contributed by atoms with Crippen molar-refractivity contribution in [3.05, 3.63) is 33.7 Å². The molecule has 25 heavy (non-hydrogen) atoms. The number of aryl methyl sites for hydroxylation is 1. The predicted octanol–water partition coefficient (Wildman–Crippen LogP) is 3.20. The molecular weight excluding hydrogens is 350 g/mol. The van der Waals surface area contributed by atoms with Crippen molar-refractivity contribution in [1.29, 1.82) is 0 Å². The van der Waals surface area contributed by atoms with Crippen LogP contribution in [0.5, 0.6) is 17.2 Å². The van der Waals surface area contributed by atoms with Crippen molar-refractivity contribution >= 4 is 23.7 Å². The van der Waals surface area contributed by atoms with Gasteiger partial charge in [0.2, 0.25) is 5.75 Å². The average molecular weight is 368 g/mol. The van der Waals surface area contributed by atoms with Gasteiger partial charge in [-0.15, -0.1) is 0 Å². The lowest BCUT2D eigenvalue weighted by Gasteiger charge is -2.21. The normalized spacial score (nSPS) is 11.8. The van der Waals surface area contributed by atoms with Crippen molar-refractivity contribution in [3.8, 4) is 17.2 Å². The quantitative estimate of drug-likeness (QED) is 0.548. The molecule has 0 aliphatic carbocycles. The number of ether oxygens (including phenoxy) is 3. The highest BCUT2D eigenvalue weighted by atomic mass is 35.5. The molecule has 134 valence electrons. The Hall–Kier alpha value is -2.54. The highest BCUT2D eigenvalue weighted by Gasteiger charge is 2.33. The summed E-state index contributed by atoms with van der Waals surface area (Å²) < 4.78 is 21.3. The first-order valence-electron chi connectivity index (χ1n) is 7.31. The van der Waals surface area contributed by atoms with Crippen LogP contribution in [0.25, 0.3) is 0 Å². The number of halogens is 1. The van der Waals surface area contributed by atoms with E-state index in [1.54, 1.807) is 6.92 Å². The molecule has 0 saturated heterocycles. The van der Waals surface area contributed by atoms with E-state index in [0.29, 0.717) is 17.7 Å². The fraction of sp³-hybridized carbons (Fsp3) is 0.353. The summed E-state index contributed by atoms with van der Waals surface area (Å²) in [7, 11) is 4.27. The number of rotatable bonds is 7. The number of benzene rings is 1. The molecule has 8 heteroatoms. The third kappa shape index (κ3) is 3.19. The average Bonchev–Trinajstić information content (AvgIpc) is 2.93. The lowest BCUT2D eigenvalue weighted by atomic mass is 9.89. The van der Waals surface area contributed by atoms with Gasteiger partial charge in [-0.2, -0.15) is 0 Å². The lowest BCUT2D eigenvalue weighted by Crippen LogP contribution is -2.12. The summed E-state index contributed by atoms with van der Waals surface area (Å²) >= 11 is 6.20. The minimum absolute atomic E-state index is 0.127. The van der Waals surface area contributed by atoms with E-state index in [0.717, 1.165) is 0 Å². The Kier molecular flexibility index (Phi) is 5.69. The number of hydrogen-bond donors (Lipinski definition) is 0. The van der Waals surface area contributed by atoms with Crippen molar-refractivity contribution < 1.29 is 28.3 Å². The molecule has 0 spiro atoms. The molecule has 1 aromatic carbocycles.